The first-order valence-electron chi connectivity index (χ1n) is 6.15. The Hall–Kier alpha value is -2.78. The second-order valence-corrected chi connectivity index (χ2v) is 4.05. The maximum Gasteiger partial charge on any atom is 0.254 e. The van der Waals surface area contributed by atoms with Crippen LogP contribution < -0.4 is 5.32 Å². The fourth-order valence-corrected chi connectivity index (χ4v) is 1.61. The molecule has 2 aromatic rings. The third-order valence-corrected chi connectivity index (χ3v) is 2.58. The van der Waals surface area contributed by atoms with E-state index in [1.165, 1.54) is 24.4 Å². The summed E-state index contributed by atoms with van der Waals surface area (Å²) < 4.78 is 13.7. The van der Waals surface area contributed by atoms with Gasteiger partial charge in [0, 0.05) is 11.8 Å². The Morgan fingerprint density at radius 3 is 2.95 bits per heavy atom. The number of nitrogens with zero attached hydrogens (tertiary/aromatic N) is 2. The van der Waals surface area contributed by atoms with E-state index in [2.05, 4.69) is 27.4 Å². The van der Waals surface area contributed by atoms with Crippen LogP contribution in [0.2, 0.25) is 0 Å². The van der Waals surface area contributed by atoms with Crippen molar-refractivity contribution in [1.82, 2.24) is 15.5 Å². The molecule has 0 fully saturated rings. The highest BCUT2D eigenvalue weighted by molar-refractivity contribution is 5.94. The molecule has 2 N–H and O–H groups in total. The van der Waals surface area contributed by atoms with Crippen LogP contribution in [0.5, 0.6) is 0 Å². The number of amides is 1. The molecule has 0 aliphatic rings. The quantitative estimate of drug-likeness (QED) is 0.821. The average molecular weight is 285 g/mol. The lowest BCUT2D eigenvalue weighted by Gasteiger charge is -2.06. The largest absolute Gasteiger partial charge is 0.384 e. The highest BCUT2D eigenvalue weighted by Crippen LogP contribution is 2.10. The van der Waals surface area contributed by atoms with Crippen LogP contribution in [0.1, 0.15) is 21.6 Å². The standard InChI is InChI=1S/C15H12FN3O2/c16-14-6-5-11(3-2-8-20)9-13(14)15(21)17-10-12-4-1-7-18-19-12/h1,4-7,9,20H,8,10H2,(H,17,21). The topological polar surface area (TPSA) is 75.1 Å². The molecule has 0 aliphatic heterocycles. The minimum atomic E-state index is -0.638. The monoisotopic (exact) mass is 285 g/mol. The maximum atomic E-state index is 13.7. The zero-order valence-corrected chi connectivity index (χ0v) is 11.0. The third-order valence-electron chi connectivity index (χ3n) is 2.58. The van der Waals surface area contributed by atoms with Crippen molar-refractivity contribution < 1.29 is 14.3 Å². The first-order chi connectivity index (χ1) is 10.2. The number of aliphatic hydroxyl groups excluding tert-OH is 1. The summed E-state index contributed by atoms with van der Waals surface area (Å²) in [6, 6.07) is 7.34. The maximum absolute atomic E-state index is 13.7. The minimum absolute atomic E-state index is 0.108. The Kier molecular flexibility index (Phi) is 4.96. The molecule has 0 saturated carbocycles. The van der Waals surface area contributed by atoms with Gasteiger partial charge in [0.2, 0.25) is 0 Å². The van der Waals surface area contributed by atoms with E-state index >= 15 is 0 Å². The first kappa shape index (κ1) is 14.6. The van der Waals surface area contributed by atoms with Crippen molar-refractivity contribution in [2.24, 2.45) is 0 Å². The number of nitrogens with one attached hydrogen (secondary N) is 1. The zero-order chi connectivity index (χ0) is 15.1. The van der Waals surface area contributed by atoms with Crippen LogP contribution in [0.3, 0.4) is 0 Å². The number of carbonyl (C=O) groups excluding carboxylic acids is 1. The van der Waals surface area contributed by atoms with Gasteiger partial charge in [0.15, 0.2) is 0 Å². The highest BCUT2D eigenvalue weighted by atomic mass is 19.1. The van der Waals surface area contributed by atoms with E-state index in [4.69, 9.17) is 5.11 Å². The van der Waals surface area contributed by atoms with E-state index in [1.54, 1.807) is 12.1 Å². The molecule has 1 aromatic carbocycles. The predicted octanol–water partition coefficient (Wildman–Crippen LogP) is 0.890. The summed E-state index contributed by atoms with van der Waals surface area (Å²) in [5, 5.41) is 18.7. The van der Waals surface area contributed by atoms with Crippen LogP contribution in [0, 0.1) is 17.7 Å². The van der Waals surface area contributed by atoms with Crippen molar-refractivity contribution >= 4 is 5.91 Å². The number of hydrogen-bond donors (Lipinski definition) is 2. The van der Waals surface area contributed by atoms with Crippen molar-refractivity contribution in [3.63, 3.8) is 0 Å². The number of aliphatic hydroxyl groups is 1. The van der Waals surface area contributed by atoms with Gasteiger partial charge >= 0.3 is 0 Å². The molecular weight excluding hydrogens is 273 g/mol. The van der Waals surface area contributed by atoms with Gasteiger partial charge in [0.25, 0.3) is 5.91 Å². The van der Waals surface area contributed by atoms with Gasteiger partial charge in [-0.3, -0.25) is 4.79 Å². The number of aromatic nitrogens is 2. The third kappa shape index (κ3) is 4.09. The van der Waals surface area contributed by atoms with Gasteiger partial charge in [0.05, 0.1) is 17.8 Å². The Morgan fingerprint density at radius 2 is 2.24 bits per heavy atom. The molecule has 2 rings (SSSR count). The number of rotatable bonds is 3. The Morgan fingerprint density at radius 1 is 1.38 bits per heavy atom. The summed E-state index contributed by atoms with van der Waals surface area (Å²) in [5.41, 5.74) is 0.918. The second-order valence-electron chi connectivity index (χ2n) is 4.05. The molecule has 1 heterocycles. The summed E-state index contributed by atoms with van der Waals surface area (Å²) in [6.45, 7) is -0.149. The smallest absolute Gasteiger partial charge is 0.254 e. The summed E-state index contributed by atoms with van der Waals surface area (Å²) >= 11 is 0. The highest BCUT2D eigenvalue weighted by Gasteiger charge is 2.12. The molecule has 1 aromatic heterocycles. The van der Waals surface area contributed by atoms with Crippen LogP contribution >= 0.6 is 0 Å². The molecule has 0 unspecified atom stereocenters. The van der Waals surface area contributed by atoms with E-state index in [1.807, 2.05) is 0 Å². The molecule has 5 nitrogen and oxygen atoms in total. The fraction of sp³-hybridized carbons (Fsp3) is 0.133. The lowest BCUT2D eigenvalue weighted by molar-refractivity contribution is 0.0946. The van der Waals surface area contributed by atoms with Gasteiger partial charge in [0.1, 0.15) is 12.4 Å². The van der Waals surface area contributed by atoms with Gasteiger partial charge in [-0.2, -0.15) is 10.2 Å². The molecule has 0 radical (unpaired) electrons. The molecule has 0 spiro atoms. The van der Waals surface area contributed by atoms with Crippen LogP contribution in [0.25, 0.3) is 0 Å². The van der Waals surface area contributed by atoms with E-state index in [0.717, 1.165) is 0 Å². The van der Waals surface area contributed by atoms with Crippen LogP contribution in [0.15, 0.2) is 36.5 Å². The molecule has 1 amide bonds. The fourth-order valence-electron chi connectivity index (χ4n) is 1.61. The average Bonchev–Trinajstić information content (AvgIpc) is 2.53. The number of hydrogen-bond acceptors (Lipinski definition) is 4. The van der Waals surface area contributed by atoms with Gasteiger partial charge in [-0.15, -0.1) is 0 Å². The van der Waals surface area contributed by atoms with Gasteiger partial charge in [-0.05, 0) is 30.3 Å². The van der Waals surface area contributed by atoms with Crippen LogP contribution in [-0.2, 0) is 6.54 Å². The molecule has 0 saturated heterocycles. The second kappa shape index (κ2) is 7.12. The molecular formula is C15H12FN3O2. The molecule has 106 valence electrons. The summed E-state index contributed by atoms with van der Waals surface area (Å²) in [6.07, 6.45) is 1.52. The van der Waals surface area contributed by atoms with E-state index in [-0.39, 0.29) is 18.7 Å². The van der Waals surface area contributed by atoms with Crippen molar-refractivity contribution in [3.05, 3.63) is 59.2 Å². The van der Waals surface area contributed by atoms with Crippen molar-refractivity contribution in [1.29, 1.82) is 0 Å². The van der Waals surface area contributed by atoms with E-state index in [9.17, 15) is 9.18 Å². The number of halogens is 1. The number of benzene rings is 1. The van der Waals surface area contributed by atoms with Gasteiger partial charge in [-0.25, -0.2) is 4.39 Å². The van der Waals surface area contributed by atoms with Crippen molar-refractivity contribution in [2.45, 2.75) is 6.54 Å². The van der Waals surface area contributed by atoms with E-state index < -0.39 is 11.7 Å². The summed E-state index contributed by atoms with van der Waals surface area (Å²) in [4.78, 5) is 12.0. The van der Waals surface area contributed by atoms with Gasteiger partial charge in [-0.1, -0.05) is 11.8 Å². The van der Waals surface area contributed by atoms with Crippen molar-refractivity contribution in [3.8, 4) is 11.8 Å². The SMILES string of the molecule is O=C(NCc1cccnn1)c1cc(C#CCO)ccc1F. The Bertz CT molecular complexity index is 693. The molecule has 0 atom stereocenters. The Balaban J connectivity index is 2.11. The first-order valence-corrected chi connectivity index (χ1v) is 6.15. The van der Waals surface area contributed by atoms with Crippen LogP contribution in [-0.4, -0.2) is 27.8 Å². The molecule has 6 heteroatoms. The molecule has 0 aliphatic carbocycles. The lowest BCUT2D eigenvalue weighted by Crippen LogP contribution is -2.24. The molecule has 21 heavy (non-hydrogen) atoms. The van der Waals surface area contributed by atoms with Crippen LogP contribution in [0.4, 0.5) is 4.39 Å². The van der Waals surface area contributed by atoms with E-state index in [0.29, 0.717) is 11.3 Å². The molecule has 0 bridgehead atoms. The zero-order valence-electron chi connectivity index (χ0n) is 11.0. The Labute approximate surface area is 120 Å². The van der Waals surface area contributed by atoms with Crippen molar-refractivity contribution in [2.75, 3.05) is 6.61 Å². The van der Waals surface area contributed by atoms with Gasteiger partial charge < -0.3 is 10.4 Å². The normalized spacial score (nSPS) is 9.62. The minimum Gasteiger partial charge on any atom is -0.384 e. The summed E-state index contributed by atoms with van der Waals surface area (Å²) in [5.74, 6) is 3.86. The predicted molar refractivity (Wildman–Crippen MR) is 73.6 cm³/mol. The lowest BCUT2D eigenvalue weighted by atomic mass is 10.1. The number of carbonyl (C=O) groups is 1. The summed E-state index contributed by atoms with van der Waals surface area (Å²) in [7, 11) is 0.